The average molecular weight is 350 g/mol. The molecule has 0 saturated carbocycles. The number of anilines is 1. The van der Waals surface area contributed by atoms with Gasteiger partial charge in [-0.15, -0.1) is 0 Å². The Morgan fingerprint density at radius 1 is 1.00 bits per heavy atom. The van der Waals surface area contributed by atoms with Crippen LogP contribution in [0.5, 0.6) is 0 Å². The number of hydrogen-bond acceptors (Lipinski definition) is 3. The number of ether oxygens (including phenoxy) is 1. The van der Waals surface area contributed by atoms with Gasteiger partial charge in [-0.3, -0.25) is 4.79 Å². The van der Waals surface area contributed by atoms with Crippen LogP contribution in [-0.2, 0) is 16.1 Å². The molecule has 0 aliphatic carbocycles. The highest BCUT2D eigenvalue weighted by atomic mass is 16.6. The van der Waals surface area contributed by atoms with Crippen molar-refractivity contribution in [2.45, 2.75) is 45.8 Å². The summed E-state index contributed by atoms with van der Waals surface area (Å²) in [6.45, 7) is 8.19. The van der Waals surface area contributed by atoms with Crippen LogP contribution in [0.2, 0.25) is 0 Å². The topological polar surface area (TPSA) is 34.5 Å². The van der Waals surface area contributed by atoms with Gasteiger partial charge in [0, 0.05) is 40.6 Å². The van der Waals surface area contributed by atoms with Crippen LogP contribution in [-0.4, -0.2) is 29.2 Å². The van der Waals surface area contributed by atoms with E-state index in [1.807, 2.05) is 26.8 Å². The lowest BCUT2D eigenvalue weighted by Gasteiger charge is -2.20. The lowest BCUT2D eigenvalue weighted by Crippen LogP contribution is -2.26. The molecule has 136 valence electrons. The van der Waals surface area contributed by atoms with E-state index in [4.69, 9.17) is 4.74 Å². The molecule has 1 aliphatic heterocycles. The Balaban J connectivity index is 1.79. The number of carbonyl (C=O) groups excluding carboxylic acids is 1. The Hall–Kier alpha value is -2.49. The van der Waals surface area contributed by atoms with Crippen molar-refractivity contribution >= 4 is 33.5 Å². The number of nitrogens with zero attached hydrogens (tertiary/aromatic N) is 2. The number of para-hydroxylation sites is 1. The smallest absolute Gasteiger partial charge is 0.326 e. The maximum atomic E-state index is 12.4. The Morgan fingerprint density at radius 3 is 2.42 bits per heavy atom. The molecular formula is C22H26N2O2. The van der Waals surface area contributed by atoms with Crippen LogP contribution >= 0.6 is 0 Å². The highest BCUT2D eigenvalue weighted by Gasteiger charge is 2.20. The van der Waals surface area contributed by atoms with E-state index in [0.29, 0.717) is 0 Å². The first-order chi connectivity index (χ1) is 12.4. The van der Waals surface area contributed by atoms with E-state index in [9.17, 15) is 4.79 Å². The molecule has 1 saturated heterocycles. The Morgan fingerprint density at radius 2 is 1.69 bits per heavy atom. The van der Waals surface area contributed by atoms with Crippen molar-refractivity contribution in [3.63, 3.8) is 0 Å². The molecular weight excluding hydrogens is 324 g/mol. The van der Waals surface area contributed by atoms with Crippen LogP contribution in [0.4, 0.5) is 5.69 Å². The summed E-state index contributed by atoms with van der Waals surface area (Å²) in [6.07, 6.45) is 2.52. The normalized spacial score (nSPS) is 15.1. The van der Waals surface area contributed by atoms with Crippen molar-refractivity contribution in [3.05, 3.63) is 42.5 Å². The summed E-state index contributed by atoms with van der Waals surface area (Å²) in [7, 11) is 0. The highest BCUT2D eigenvalue weighted by Crippen LogP contribution is 2.33. The maximum Gasteiger partial charge on any atom is 0.326 e. The molecule has 0 N–H and O–H groups in total. The molecule has 0 atom stereocenters. The van der Waals surface area contributed by atoms with Gasteiger partial charge in [-0.25, -0.2) is 0 Å². The zero-order valence-electron chi connectivity index (χ0n) is 15.8. The van der Waals surface area contributed by atoms with Gasteiger partial charge in [-0.1, -0.05) is 18.2 Å². The summed E-state index contributed by atoms with van der Waals surface area (Å²) >= 11 is 0. The quantitative estimate of drug-likeness (QED) is 0.640. The molecule has 1 aliphatic rings. The van der Waals surface area contributed by atoms with Gasteiger partial charge in [0.1, 0.15) is 12.1 Å². The predicted octanol–water partition coefficient (Wildman–Crippen LogP) is 4.74. The van der Waals surface area contributed by atoms with Gasteiger partial charge in [-0.05, 0) is 57.9 Å². The molecule has 4 nitrogen and oxygen atoms in total. The van der Waals surface area contributed by atoms with Gasteiger partial charge < -0.3 is 14.2 Å². The van der Waals surface area contributed by atoms with Crippen molar-refractivity contribution in [2.75, 3.05) is 18.0 Å². The fourth-order valence-corrected chi connectivity index (χ4v) is 3.89. The fourth-order valence-electron chi connectivity index (χ4n) is 3.89. The van der Waals surface area contributed by atoms with Gasteiger partial charge in [-0.2, -0.15) is 0 Å². The van der Waals surface area contributed by atoms with Crippen LogP contribution < -0.4 is 4.90 Å². The van der Waals surface area contributed by atoms with E-state index in [-0.39, 0.29) is 12.5 Å². The summed E-state index contributed by atoms with van der Waals surface area (Å²) in [5.41, 5.74) is 2.96. The van der Waals surface area contributed by atoms with Crippen LogP contribution in [0.15, 0.2) is 42.5 Å². The fraction of sp³-hybridized carbons (Fsp3) is 0.409. The van der Waals surface area contributed by atoms with Crippen LogP contribution in [0.25, 0.3) is 21.8 Å². The van der Waals surface area contributed by atoms with Gasteiger partial charge >= 0.3 is 5.97 Å². The molecule has 3 aromatic rings. The molecule has 0 unspecified atom stereocenters. The standard InChI is InChI=1S/C22H26N2O2/c1-22(2,3)26-21(25)15-24-19-9-5-4-8-17(19)18-14-16(10-11-20(18)24)23-12-6-7-13-23/h4-5,8-11,14H,6-7,12-13,15H2,1-3H3. The van der Waals surface area contributed by atoms with Gasteiger partial charge in [0.15, 0.2) is 0 Å². The van der Waals surface area contributed by atoms with Crippen molar-refractivity contribution in [1.29, 1.82) is 0 Å². The molecule has 0 spiro atoms. The molecule has 2 heterocycles. The van der Waals surface area contributed by atoms with E-state index in [2.05, 4.69) is 45.9 Å². The van der Waals surface area contributed by atoms with Gasteiger partial charge in [0.05, 0.1) is 0 Å². The van der Waals surface area contributed by atoms with Gasteiger partial charge in [0.2, 0.25) is 0 Å². The number of rotatable bonds is 3. The molecule has 1 fully saturated rings. The van der Waals surface area contributed by atoms with Crippen LogP contribution in [0.1, 0.15) is 33.6 Å². The molecule has 26 heavy (non-hydrogen) atoms. The minimum atomic E-state index is -0.473. The maximum absolute atomic E-state index is 12.4. The Labute approximate surface area is 154 Å². The lowest BCUT2D eigenvalue weighted by molar-refractivity contribution is -0.155. The minimum Gasteiger partial charge on any atom is -0.459 e. The Kier molecular flexibility index (Phi) is 4.14. The average Bonchev–Trinajstić information content (AvgIpc) is 3.21. The van der Waals surface area contributed by atoms with Crippen molar-refractivity contribution in [1.82, 2.24) is 4.57 Å². The number of aromatic nitrogens is 1. The summed E-state index contributed by atoms with van der Waals surface area (Å²) in [5.74, 6) is -0.205. The second-order valence-corrected chi connectivity index (χ2v) is 8.09. The number of benzene rings is 2. The third kappa shape index (κ3) is 3.16. The summed E-state index contributed by atoms with van der Waals surface area (Å²) in [5, 5.41) is 2.39. The first-order valence-corrected chi connectivity index (χ1v) is 9.40. The van der Waals surface area contributed by atoms with E-state index in [1.165, 1.54) is 29.3 Å². The summed E-state index contributed by atoms with van der Waals surface area (Å²) in [4.78, 5) is 14.9. The summed E-state index contributed by atoms with van der Waals surface area (Å²) < 4.78 is 7.62. The van der Waals surface area contributed by atoms with E-state index >= 15 is 0 Å². The molecule has 0 radical (unpaired) electrons. The molecule has 1 aromatic heterocycles. The molecule has 4 heteroatoms. The monoisotopic (exact) mass is 350 g/mol. The van der Waals surface area contributed by atoms with E-state index in [1.54, 1.807) is 0 Å². The first-order valence-electron chi connectivity index (χ1n) is 9.40. The number of fused-ring (bicyclic) bond motifs is 3. The molecule has 0 bridgehead atoms. The SMILES string of the molecule is CC(C)(C)OC(=O)Cn1c2ccccc2c2cc(N3CCCC3)ccc21. The third-order valence-electron chi connectivity index (χ3n) is 4.93. The number of hydrogen-bond donors (Lipinski definition) is 0. The number of carbonyl (C=O) groups is 1. The largest absolute Gasteiger partial charge is 0.459 e. The molecule has 4 rings (SSSR count). The van der Waals surface area contributed by atoms with Crippen molar-refractivity contribution in [2.24, 2.45) is 0 Å². The first kappa shape index (κ1) is 17.0. The molecule has 0 amide bonds. The van der Waals surface area contributed by atoms with Gasteiger partial charge in [0.25, 0.3) is 0 Å². The highest BCUT2D eigenvalue weighted by molar-refractivity contribution is 6.09. The molecule has 2 aromatic carbocycles. The second kappa shape index (κ2) is 6.35. The second-order valence-electron chi connectivity index (χ2n) is 8.09. The lowest BCUT2D eigenvalue weighted by atomic mass is 10.1. The van der Waals surface area contributed by atoms with E-state index in [0.717, 1.165) is 24.1 Å². The van der Waals surface area contributed by atoms with Crippen LogP contribution in [0, 0.1) is 0 Å². The number of esters is 1. The van der Waals surface area contributed by atoms with Crippen LogP contribution in [0.3, 0.4) is 0 Å². The predicted molar refractivity (Wildman–Crippen MR) is 107 cm³/mol. The van der Waals surface area contributed by atoms with Crippen molar-refractivity contribution in [3.8, 4) is 0 Å². The van der Waals surface area contributed by atoms with E-state index < -0.39 is 5.60 Å². The zero-order valence-corrected chi connectivity index (χ0v) is 15.8. The third-order valence-corrected chi connectivity index (χ3v) is 4.93. The minimum absolute atomic E-state index is 0.205. The summed E-state index contributed by atoms with van der Waals surface area (Å²) in [6, 6.07) is 14.9. The van der Waals surface area contributed by atoms with Crippen molar-refractivity contribution < 1.29 is 9.53 Å². The zero-order chi connectivity index (χ0) is 18.3. The Bertz CT molecular complexity index is 959.